The van der Waals surface area contributed by atoms with E-state index >= 15 is 4.79 Å². The molecule has 7 heterocycles. The van der Waals surface area contributed by atoms with E-state index in [0.717, 1.165) is 93.9 Å². The topological polar surface area (TPSA) is 147 Å². The van der Waals surface area contributed by atoms with Crippen molar-refractivity contribution >= 4 is 39.4 Å². The summed E-state index contributed by atoms with van der Waals surface area (Å²) < 4.78 is 13.9. The molecule has 7 spiro atoms. The molecule has 16 aliphatic rings. The third-order valence-corrected chi connectivity index (χ3v) is 29.5. The summed E-state index contributed by atoms with van der Waals surface area (Å²) in [5.74, 6) is 12.5. The lowest BCUT2D eigenvalue weighted by Gasteiger charge is -2.56. The van der Waals surface area contributed by atoms with Gasteiger partial charge in [-0.25, -0.2) is 0 Å². The number of aryl methyl sites for hydroxylation is 1. The second kappa shape index (κ2) is 19.9. The number of nitrogens with two attached hydrogens (primary N) is 1. The van der Waals surface area contributed by atoms with Gasteiger partial charge in [-0.3, -0.25) is 14.6 Å². The van der Waals surface area contributed by atoms with Gasteiger partial charge in [-0.05, 0) is 211 Å². The maximum Gasteiger partial charge on any atom is 0.303 e. The number of phenols is 1. The predicted octanol–water partition coefficient (Wildman–Crippen LogP) is 13.6. The Morgan fingerprint density at radius 2 is 1.70 bits per heavy atom. The minimum absolute atomic E-state index is 0.0717. The summed E-state index contributed by atoms with van der Waals surface area (Å²) in [6.07, 6.45) is 34.3. The van der Waals surface area contributed by atoms with Gasteiger partial charge < -0.3 is 35.6 Å². The monoisotopic (exact) mass is 1130 g/mol. The third-order valence-electron chi connectivity index (χ3n) is 26.2. The lowest BCUT2D eigenvalue weighted by atomic mass is 9.50. The Balaban J connectivity index is 0.862. The van der Waals surface area contributed by atoms with Crippen molar-refractivity contribution in [3.63, 3.8) is 0 Å². The Bertz CT molecular complexity index is 2960. The van der Waals surface area contributed by atoms with Gasteiger partial charge >= 0.3 is 5.97 Å². The number of aliphatic hydroxyl groups excluding tert-OH is 1. The number of aromatic hydroxyl groups is 1. The second-order valence-corrected chi connectivity index (χ2v) is 32.2. The number of guanidine groups is 1. The number of carbonyl (C=O) groups is 2. The molecule has 2 aromatic carbocycles. The number of rotatable bonds is 2. The van der Waals surface area contributed by atoms with E-state index in [1.54, 1.807) is 6.92 Å². The van der Waals surface area contributed by atoms with Gasteiger partial charge in [-0.1, -0.05) is 83.2 Å². The number of carbonyl (C=O) groups excluding carboxylic acids is 2. The maximum absolute atomic E-state index is 15.4. The average Bonchev–Trinajstić information content (AvgIpc) is 4.33. The molecular formula is C69H90N4O6S2. The molecule has 12 heteroatoms. The first-order valence-corrected chi connectivity index (χ1v) is 34.9. The summed E-state index contributed by atoms with van der Waals surface area (Å²) in [7, 11) is 4.29. The molecule has 81 heavy (non-hydrogen) atoms. The van der Waals surface area contributed by atoms with Crippen LogP contribution in [0, 0.1) is 68.5 Å². The molecule has 1 saturated heterocycles. The molecule has 9 aliphatic carbocycles. The molecule has 7 aliphatic heterocycles. The largest absolute Gasteiger partial charge is 0.504 e. The number of nitrogens with zero attached hydrogens (tertiary/aromatic N) is 2. The number of phenolic OH excluding ortho intramolecular Hbond substituents is 1. The number of fused-ring (bicyclic) bond motifs is 2. The highest BCUT2D eigenvalue weighted by Gasteiger charge is 2.66. The van der Waals surface area contributed by atoms with Crippen LogP contribution < -0.4 is 15.8 Å². The third kappa shape index (κ3) is 8.35. The summed E-state index contributed by atoms with van der Waals surface area (Å²) in [6, 6.07) is 13.1. The molecular weight excluding hydrogens is 1040 g/mol. The number of hydrogen-bond acceptors (Lipinski definition) is 11. The van der Waals surface area contributed by atoms with E-state index in [4.69, 9.17) is 20.2 Å². The molecule has 18 rings (SSSR count). The predicted molar refractivity (Wildman–Crippen MR) is 321 cm³/mol. The maximum atomic E-state index is 15.4. The fourth-order valence-corrected chi connectivity index (χ4v) is 26.5. The molecule has 14 bridgehead atoms. The quantitative estimate of drug-likeness (QED) is 0.0992. The van der Waals surface area contributed by atoms with Gasteiger partial charge in [0.25, 0.3) is 0 Å². The van der Waals surface area contributed by atoms with Crippen LogP contribution in [0.1, 0.15) is 221 Å². The van der Waals surface area contributed by atoms with Gasteiger partial charge in [0.2, 0.25) is 5.91 Å². The van der Waals surface area contributed by atoms with Crippen molar-refractivity contribution < 1.29 is 29.3 Å². The Morgan fingerprint density at radius 3 is 2.56 bits per heavy atom. The van der Waals surface area contributed by atoms with Crippen molar-refractivity contribution in [1.29, 1.82) is 0 Å². The molecule has 10 nitrogen and oxygen atoms in total. The molecule has 5 N–H and O–H groups in total. The number of allylic oxidation sites excluding steroid dienone is 1. The molecule has 0 unspecified atom stereocenters. The van der Waals surface area contributed by atoms with Gasteiger partial charge in [0, 0.05) is 78.8 Å². The van der Waals surface area contributed by atoms with Crippen LogP contribution in [0.15, 0.2) is 53.5 Å². The molecule has 434 valence electrons. The second-order valence-electron chi connectivity index (χ2n) is 29.6. The van der Waals surface area contributed by atoms with Gasteiger partial charge in [0.05, 0.1) is 18.1 Å². The van der Waals surface area contributed by atoms with E-state index in [0.29, 0.717) is 85.1 Å². The minimum atomic E-state index is -0.818. The Morgan fingerprint density at radius 1 is 0.864 bits per heavy atom. The van der Waals surface area contributed by atoms with Crippen LogP contribution in [0.2, 0.25) is 0 Å². The number of ether oxygens (including phenoxy) is 2. The van der Waals surface area contributed by atoms with Crippen molar-refractivity contribution in [1.82, 2.24) is 10.2 Å². The highest BCUT2D eigenvalue weighted by molar-refractivity contribution is 8.77. The zero-order chi connectivity index (χ0) is 55.0. The molecule has 0 aromatic heterocycles. The fourth-order valence-electron chi connectivity index (χ4n) is 22.5. The number of benzene rings is 2. The van der Waals surface area contributed by atoms with E-state index < -0.39 is 28.1 Å². The van der Waals surface area contributed by atoms with Gasteiger partial charge in [-0.2, -0.15) is 0 Å². The van der Waals surface area contributed by atoms with E-state index in [1.165, 1.54) is 89.0 Å². The van der Waals surface area contributed by atoms with Gasteiger partial charge in [-0.15, -0.1) is 5.92 Å². The van der Waals surface area contributed by atoms with Crippen LogP contribution in [0.25, 0.3) is 0 Å². The van der Waals surface area contributed by atoms with Crippen molar-refractivity contribution in [2.24, 2.45) is 67.4 Å². The first-order valence-electron chi connectivity index (χ1n) is 32.6. The van der Waals surface area contributed by atoms with Crippen molar-refractivity contribution in [2.75, 3.05) is 18.8 Å². The van der Waals surface area contributed by atoms with Gasteiger partial charge in [0.1, 0.15) is 16.1 Å². The highest BCUT2D eigenvalue weighted by atomic mass is 33.1. The Labute approximate surface area is 490 Å². The molecule has 2 aromatic rings. The summed E-state index contributed by atoms with van der Waals surface area (Å²) in [5.41, 5.74) is 9.83. The normalized spacial score (nSPS) is 43.8. The van der Waals surface area contributed by atoms with E-state index in [1.807, 2.05) is 4.90 Å². The number of aliphatic hydroxyl groups is 1. The summed E-state index contributed by atoms with van der Waals surface area (Å²) in [4.78, 5) is 36.0. The van der Waals surface area contributed by atoms with Crippen LogP contribution in [0.5, 0.6) is 11.5 Å². The van der Waals surface area contributed by atoms with Crippen LogP contribution in [0.3, 0.4) is 0 Å². The van der Waals surface area contributed by atoms with Crippen LogP contribution in [0.4, 0.5) is 0 Å². The number of amides is 1. The first kappa shape index (κ1) is 53.9. The standard InChI is InChI=1S/C69H90N4O6S2/c1-45(74)78-65-32-18-48-35-51(59(77)60-58(48)49-19-34-68(79-60)28-8-14-52(68)36-49)41-73-44-67(40-57(73)76)55(47-12-3-2-4-13-47)21-31-64(67)24-7-11-46-17-30-63(37-46)26-10-29-69(63,72-61(70)71-43-64)81-80-42-53-16-15-50(54(20-33-65)56(75)39-65)38-66(53)27-9-25-62(66)22-5-6-23-62/h2-4,12-13,19,34-35,46,49-50,52-56,75,77H,5-6,8-11,14-18,20-23,25-33,36-44H2,1H3,(H3,70,71,72)/t46-,49+,50+,52-,53-,54-,55-,56-,63-,64-,65+,66+,67+,68-,69-/m1/s1. The van der Waals surface area contributed by atoms with Crippen LogP contribution >= 0.6 is 21.6 Å². The molecule has 9 fully saturated rings. The summed E-state index contributed by atoms with van der Waals surface area (Å²) in [6.45, 7) is 2.71. The van der Waals surface area contributed by atoms with E-state index in [-0.39, 0.29) is 57.6 Å². The lowest BCUT2D eigenvalue weighted by Crippen LogP contribution is -2.56. The van der Waals surface area contributed by atoms with Crippen molar-refractivity contribution in [3.05, 3.63) is 70.8 Å². The minimum Gasteiger partial charge on any atom is -0.504 e. The first-order chi connectivity index (χ1) is 39.2. The zero-order valence-electron chi connectivity index (χ0n) is 48.4. The van der Waals surface area contributed by atoms with Crippen LogP contribution in [-0.4, -0.2) is 74.0 Å². The number of hydrogen-bond donors (Lipinski definition) is 4. The average molecular weight is 1140 g/mol. The number of esters is 1. The fraction of sp³-hybridized carbons (Fsp3) is 0.725. The molecule has 8 saturated carbocycles. The van der Waals surface area contributed by atoms with E-state index in [2.05, 4.69) is 87.3 Å². The molecule has 1 amide bonds. The zero-order valence-corrected chi connectivity index (χ0v) is 50.0. The number of aliphatic imine (C=N–C) groups is 1. The lowest BCUT2D eigenvalue weighted by molar-refractivity contribution is -0.172. The Kier molecular flexibility index (Phi) is 13.2. The summed E-state index contributed by atoms with van der Waals surface area (Å²) >= 11 is 0. The molecule has 0 radical (unpaired) electrons. The highest BCUT2D eigenvalue weighted by Crippen LogP contribution is 2.72. The number of nitrogens with one attached hydrogen (secondary N) is 1. The van der Waals surface area contributed by atoms with Crippen molar-refractivity contribution in [3.8, 4) is 23.3 Å². The molecule has 15 atom stereocenters. The van der Waals surface area contributed by atoms with Gasteiger partial charge in [0.15, 0.2) is 17.5 Å². The smallest absolute Gasteiger partial charge is 0.303 e. The summed E-state index contributed by atoms with van der Waals surface area (Å²) in [5, 5.41) is 29.8. The van der Waals surface area contributed by atoms with E-state index in [9.17, 15) is 15.0 Å². The Hall–Kier alpha value is -3.79. The van der Waals surface area contributed by atoms with Crippen molar-refractivity contribution in [2.45, 2.75) is 234 Å². The van der Waals surface area contributed by atoms with Crippen LogP contribution in [-0.2, 0) is 27.3 Å². The SMILES string of the molecule is CC(=O)O[C@@]12CCc3cc(c(O)c4c3[C@H]3C=C[C@@]5(CCC[C@@H]5C3)O4)CN3C[C@@]4(CC3=O)[C@@H](c3ccccc3)CC[C@@]43C#CC[C@@H]4CC[C@]5(CCC[C@@]5(NC(N)=NC3)SSC[C@H]3CC[C@@H](C[C@@]35CCCC53CCCC3)[C@@H](CC1)[C@H](O)C2)C4.